The van der Waals surface area contributed by atoms with E-state index in [1.165, 1.54) is 0 Å². The summed E-state index contributed by atoms with van der Waals surface area (Å²) in [7, 11) is 1.61. The number of aryl methyl sites for hydroxylation is 1. The second-order valence-electron chi connectivity index (χ2n) is 5.03. The monoisotopic (exact) mass is 290 g/mol. The maximum absolute atomic E-state index is 11.7. The van der Waals surface area contributed by atoms with Crippen LogP contribution in [0.25, 0.3) is 11.0 Å². The highest BCUT2D eigenvalue weighted by molar-refractivity contribution is 5.82. The van der Waals surface area contributed by atoms with Gasteiger partial charge in [0.1, 0.15) is 11.3 Å². The topological polar surface area (TPSA) is 63.5 Å². The molecule has 2 aromatic rings. The first-order chi connectivity index (χ1) is 10.1. The third-order valence-electron chi connectivity index (χ3n) is 3.47. The molecule has 0 saturated carbocycles. The van der Waals surface area contributed by atoms with Gasteiger partial charge in [0.05, 0.1) is 19.2 Å². The molecule has 2 N–H and O–H groups in total. The van der Waals surface area contributed by atoms with Gasteiger partial charge in [-0.1, -0.05) is 18.2 Å². The van der Waals surface area contributed by atoms with E-state index in [0.717, 1.165) is 22.3 Å². The number of carbonyl (C=O) groups excluding carboxylic acids is 1. The highest BCUT2D eigenvalue weighted by atomic mass is 16.5. The number of benzene rings is 1. The summed E-state index contributed by atoms with van der Waals surface area (Å²) in [6.45, 7) is 5.32. The standard InChI is InChI=1S/C16H22N2O3/c1-11-13-6-4-5-7-14(13)21-16(11)12(2)18-10-15(19)17-8-9-20-3/h4-7,12,18H,8-10H2,1-3H3,(H,17,19). The number of nitrogens with one attached hydrogen (secondary N) is 2. The Hall–Kier alpha value is -1.85. The second kappa shape index (κ2) is 7.24. The fourth-order valence-electron chi connectivity index (χ4n) is 2.30. The molecule has 0 saturated heterocycles. The van der Waals surface area contributed by atoms with Crippen LogP contribution in [0, 0.1) is 6.92 Å². The Bertz CT molecular complexity index is 607. The summed E-state index contributed by atoms with van der Waals surface area (Å²) >= 11 is 0. The number of hydrogen-bond donors (Lipinski definition) is 2. The van der Waals surface area contributed by atoms with Crippen LogP contribution >= 0.6 is 0 Å². The summed E-state index contributed by atoms with van der Waals surface area (Å²) < 4.78 is 10.8. The molecule has 1 unspecified atom stereocenters. The van der Waals surface area contributed by atoms with Gasteiger partial charge in [-0.15, -0.1) is 0 Å². The van der Waals surface area contributed by atoms with Crippen LogP contribution in [0.2, 0.25) is 0 Å². The van der Waals surface area contributed by atoms with Crippen molar-refractivity contribution in [2.75, 3.05) is 26.8 Å². The number of fused-ring (bicyclic) bond motifs is 1. The van der Waals surface area contributed by atoms with Crippen LogP contribution in [0.5, 0.6) is 0 Å². The zero-order chi connectivity index (χ0) is 15.2. The predicted molar refractivity (Wildman–Crippen MR) is 82.3 cm³/mol. The fraction of sp³-hybridized carbons (Fsp3) is 0.438. The lowest BCUT2D eigenvalue weighted by atomic mass is 10.1. The van der Waals surface area contributed by atoms with Gasteiger partial charge in [-0.3, -0.25) is 10.1 Å². The first-order valence-electron chi connectivity index (χ1n) is 7.10. The predicted octanol–water partition coefficient (Wildman–Crippen LogP) is 2.15. The number of carbonyl (C=O) groups is 1. The molecule has 1 aromatic carbocycles. The summed E-state index contributed by atoms with van der Waals surface area (Å²) in [6, 6.07) is 7.93. The maximum atomic E-state index is 11.7. The van der Waals surface area contributed by atoms with E-state index in [1.807, 2.05) is 38.1 Å². The molecular formula is C16H22N2O3. The van der Waals surface area contributed by atoms with Crippen molar-refractivity contribution in [1.82, 2.24) is 10.6 Å². The van der Waals surface area contributed by atoms with Crippen LogP contribution in [-0.2, 0) is 9.53 Å². The van der Waals surface area contributed by atoms with Crippen molar-refractivity contribution in [2.45, 2.75) is 19.9 Å². The molecule has 21 heavy (non-hydrogen) atoms. The molecule has 2 rings (SSSR count). The van der Waals surface area contributed by atoms with E-state index in [4.69, 9.17) is 9.15 Å². The minimum atomic E-state index is -0.0485. The number of hydrogen-bond acceptors (Lipinski definition) is 4. The molecule has 1 aromatic heterocycles. The Morgan fingerprint density at radius 1 is 1.38 bits per heavy atom. The minimum absolute atomic E-state index is 0.0226. The van der Waals surface area contributed by atoms with Crippen LogP contribution < -0.4 is 10.6 Å². The third-order valence-corrected chi connectivity index (χ3v) is 3.47. The van der Waals surface area contributed by atoms with Gasteiger partial charge in [0.25, 0.3) is 0 Å². The van der Waals surface area contributed by atoms with Gasteiger partial charge >= 0.3 is 0 Å². The smallest absolute Gasteiger partial charge is 0.234 e. The van der Waals surface area contributed by atoms with Crippen LogP contribution in [0.3, 0.4) is 0 Å². The summed E-state index contributed by atoms with van der Waals surface area (Å²) in [5.74, 6) is 0.827. The van der Waals surface area contributed by atoms with Gasteiger partial charge in [-0.25, -0.2) is 0 Å². The van der Waals surface area contributed by atoms with Crippen molar-refractivity contribution in [1.29, 1.82) is 0 Å². The van der Waals surface area contributed by atoms with Crippen molar-refractivity contribution in [2.24, 2.45) is 0 Å². The highest BCUT2D eigenvalue weighted by Gasteiger charge is 2.16. The zero-order valence-electron chi connectivity index (χ0n) is 12.7. The SMILES string of the molecule is COCCNC(=O)CNC(C)c1oc2ccccc2c1C. The molecule has 1 heterocycles. The van der Waals surface area contributed by atoms with Crippen LogP contribution in [0.15, 0.2) is 28.7 Å². The number of furan rings is 1. The Balaban J connectivity index is 1.94. The summed E-state index contributed by atoms with van der Waals surface area (Å²) in [5.41, 5.74) is 1.99. The molecule has 0 spiro atoms. The van der Waals surface area contributed by atoms with Crippen molar-refractivity contribution < 1.29 is 13.9 Å². The normalized spacial score (nSPS) is 12.5. The van der Waals surface area contributed by atoms with E-state index in [0.29, 0.717) is 13.2 Å². The van der Waals surface area contributed by atoms with E-state index in [-0.39, 0.29) is 18.5 Å². The summed E-state index contributed by atoms with van der Waals surface area (Å²) in [6.07, 6.45) is 0. The average Bonchev–Trinajstić information content (AvgIpc) is 2.83. The van der Waals surface area contributed by atoms with Crippen molar-refractivity contribution in [3.63, 3.8) is 0 Å². The molecule has 5 heteroatoms. The van der Waals surface area contributed by atoms with Crippen molar-refractivity contribution in [3.8, 4) is 0 Å². The Kier molecular flexibility index (Phi) is 5.36. The molecule has 5 nitrogen and oxygen atoms in total. The lowest BCUT2D eigenvalue weighted by Gasteiger charge is -2.12. The van der Waals surface area contributed by atoms with Crippen LogP contribution in [0.4, 0.5) is 0 Å². The first kappa shape index (κ1) is 15.5. The maximum Gasteiger partial charge on any atom is 0.234 e. The van der Waals surface area contributed by atoms with Gasteiger partial charge in [-0.2, -0.15) is 0 Å². The molecular weight excluding hydrogens is 268 g/mol. The van der Waals surface area contributed by atoms with E-state index >= 15 is 0 Å². The van der Waals surface area contributed by atoms with Crippen molar-refractivity contribution >= 4 is 16.9 Å². The molecule has 0 bridgehead atoms. The van der Waals surface area contributed by atoms with Gasteiger partial charge in [0.2, 0.25) is 5.91 Å². The Morgan fingerprint density at radius 3 is 2.86 bits per heavy atom. The van der Waals surface area contributed by atoms with E-state index in [2.05, 4.69) is 10.6 Å². The number of methoxy groups -OCH3 is 1. The second-order valence-corrected chi connectivity index (χ2v) is 5.03. The molecule has 0 fully saturated rings. The Labute approximate surface area is 124 Å². The van der Waals surface area contributed by atoms with E-state index in [1.54, 1.807) is 7.11 Å². The highest BCUT2D eigenvalue weighted by Crippen LogP contribution is 2.28. The summed E-state index contributed by atoms with van der Waals surface area (Å²) in [4.78, 5) is 11.7. The van der Waals surface area contributed by atoms with Crippen LogP contribution in [0.1, 0.15) is 24.3 Å². The van der Waals surface area contributed by atoms with Crippen LogP contribution in [-0.4, -0.2) is 32.7 Å². The molecule has 1 amide bonds. The van der Waals surface area contributed by atoms with Gasteiger partial charge in [0, 0.05) is 19.0 Å². The average molecular weight is 290 g/mol. The quantitative estimate of drug-likeness (QED) is 0.767. The number of para-hydroxylation sites is 1. The lowest BCUT2D eigenvalue weighted by molar-refractivity contribution is -0.120. The molecule has 0 aliphatic carbocycles. The minimum Gasteiger partial charge on any atom is -0.459 e. The first-order valence-corrected chi connectivity index (χ1v) is 7.10. The van der Waals surface area contributed by atoms with Crippen molar-refractivity contribution in [3.05, 3.63) is 35.6 Å². The van der Waals surface area contributed by atoms with E-state index in [9.17, 15) is 4.79 Å². The third kappa shape index (κ3) is 3.83. The Morgan fingerprint density at radius 2 is 2.14 bits per heavy atom. The number of ether oxygens (including phenoxy) is 1. The molecule has 1 atom stereocenters. The van der Waals surface area contributed by atoms with Gasteiger partial charge in [0.15, 0.2) is 0 Å². The molecule has 0 aliphatic heterocycles. The number of amides is 1. The van der Waals surface area contributed by atoms with E-state index < -0.39 is 0 Å². The van der Waals surface area contributed by atoms with Gasteiger partial charge in [-0.05, 0) is 25.5 Å². The van der Waals surface area contributed by atoms with Gasteiger partial charge < -0.3 is 14.5 Å². The summed E-state index contributed by atoms with van der Waals surface area (Å²) in [5, 5.41) is 7.07. The fourth-order valence-corrected chi connectivity index (χ4v) is 2.30. The molecule has 114 valence electrons. The number of rotatable bonds is 7. The largest absolute Gasteiger partial charge is 0.459 e. The molecule has 0 aliphatic rings. The zero-order valence-corrected chi connectivity index (χ0v) is 12.7. The molecule has 0 radical (unpaired) electrons. The lowest BCUT2D eigenvalue weighted by Crippen LogP contribution is -2.36.